The number of hydrogen-bond donors (Lipinski definition) is 3. The molecule has 3 N–H and O–H groups in total. The Morgan fingerprint density at radius 1 is 0.873 bits per heavy atom. The molecule has 3 saturated heterocycles. The SMILES string of the molecule is CCc1cc2c(cc1N1CCC(N3CCN(C(=O)CCCCCNc4cccc5c4C(=O)N(C4CCC(=O)NC4=O)C5=O)CC3)CC1)C(C)(C)c1[nH]c3cc(C#N)ccc3c1C2=O. The van der Waals surface area contributed by atoms with Crippen LogP contribution in [-0.4, -0.2) is 113 Å². The van der Waals surface area contributed by atoms with Gasteiger partial charge in [-0.15, -0.1) is 0 Å². The van der Waals surface area contributed by atoms with E-state index in [1.54, 1.807) is 24.3 Å². The molecule has 326 valence electrons. The van der Waals surface area contributed by atoms with Crippen molar-refractivity contribution in [2.75, 3.05) is 56.0 Å². The minimum absolute atomic E-state index is 0.0377. The van der Waals surface area contributed by atoms with Crippen LogP contribution in [0.15, 0.2) is 48.5 Å². The molecule has 1 aromatic heterocycles. The molecule has 4 aliphatic heterocycles. The second kappa shape index (κ2) is 16.7. The Morgan fingerprint density at radius 3 is 2.38 bits per heavy atom. The highest BCUT2D eigenvalue weighted by Crippen LogP contribution is 2.46. The number of imide groups is 2. The first-order valence-electron chi connectivity index (χ1n) is 22.5. The summed E-state index contributed by atoms with van der Waals surface area (Å²) in [5, 5.41) is 15.9. The van der Waals surface area contributed by atoms with Crippen molar-refractivity contribution < 1.29 is 28.8 Å². The van der Waals surface area contributed by atoms with Crippen molar-refractivity contribution in [1.82, 2.24) is 25.0 Å². The zero-order valence-electron chi connectivity index (χ0n) is 36.3. The van der Waals surface area contributed by atoms with Crippen molar-refractivity contribution in [3.63, 3.8) is 0 Å². The highest BCUT2D eigenvalue weighted by atomic mass is 16.2. The van der Waals surface area contributed by atoms with Gasteiger partial charge < -0.3 is 20.1 Å². The number of carbonyl (C=O) groups excluding carboxylic acids is 6. The van der Waals surface area contributed by atoms with Crippen LogP contribution in [0.4, 0.5) is 11.4 Å². The molecule has 1 atom stereocenters. The Morgan fingerprint density at radius 2 is 1.65 bits per heavy atom. The van der Waals surface area contributed by atoms with Crippen LogP contribution in [0.3, 0.4) is 0 Å². The van der Waals surface area contributed by atoms with Crippen molar-refractivity contribution in [3.8, 4) is 6.07 Å². The van der Waals surface area contributed by atoms with Crippen LogP contribution in [0.5, 0.6) is 0 Å². The Hall–Kier alpha value is -6.33. The van der Waals surface area contributed by atoms with Crippen LogP contribution in [-0.2, 0) is 26.2 Å². The first-order chi connectivity index (χ1) is 30.4. The average molecular weight is 851 g/mol. The van der Waals surface area contributed by atoms with Crippen LogP contribution < -0.4 is 15.5 Å². The highest BCUT2D eigenvalue weighted by molar-refractivity contribution is 6.25. The molecule has 14 nitrogen and oxygen atoms in total. The Labute approximate surface area is 366 Å². The molecule has 1 unspecified atom stereocenters. The number of nitrogens with zero attached hydrogens (tertiary/aromatic N) is 5. The van der Waals surface area contributed by atoms with Crippen molar-refractivity contribution in [2.45, 2.75) is 96.1 Å². The predicted octanol–water partition coefficient (Wildman–Crippen LogP) is 5.66. The van der Waals surface area contributed by atoms with Gasteiger partial charge in [0.15, 0.2) is 5.78 Å². The van der Waals surface area contributed by atoms with Crippen LogP contribution >= 0.6 is 0 Å². The van der Waals surface area contributed by atoms with E-state index in [0.717, 1.165) is 110 Å². The third-order valence-electron chi connectivity index (χ3n) is 14.1. The number of H-pyrrole nitrogens is 1. The summed E-state index contributed by atoms with van der Waals surface area (Å²) in [5.74, 6) is -1.88. The van der Waals surface area contributed by atoms with E-state index in [4.69, 9.17) is 0 Å². The third kappa shape index (κ3) is 7.45. The fraction of sp³-hybridized carbons (Fsp3) is 0.449. The smallest absolute Gasteiger partial charge is 0.264 e. The Balaban J connectivity index is 0.733. The summed E-state index contributed by atoms with van der Waals surface area (Å²) in [5.41, 5.74) is 7.79. The number of nitriles is 1. The molecule has 0 radical (unpaired) electrons. The molecule has 1 aliphatic carbocycles. The van der Waals surface area contributed by atoms with Gasteiger partial charge >= 0.3 is 0 Å². The normalized spacial score (nSPS) is 20.1. The maximum Gasteiger partial charge on any atom is 0.264 e. The number of ketones is 1. The molecule has 14 heteroatoms. The maximum absolute atomic E-state index is 14.1. The van der Waals surface area contributed by atoms with Gasteiger partial charge in [0.2, 0.25) is 17.7 Å². The summed E-state index contributed by atoms with van der Waals surface area (Å²) in [6.45, 7) is 12.1. The number of aryl methyl sites for hydroxylation is 1. The highest BCUT2D eigenvalue weighted by Gasteiger charge is 2.46. The molecule has 9 rings (SSSR count). The van der Waals surface area contributed by atoms with E-state index in [1.807, 2.05) is 17.0 Å². The number of hydrogen-bond acceptors (Lipinski definition) is 10. The molecule has 5 amide bonds. The lowest BCUT2D eigenvalue weighted by Gasteiger charge is -2.44. The van der Waals surface area contributed by atoms with Gasteiger partial charge in [-0.1, -0.05) is 39.3 Å². The minimum Gasteiger partial charge on any atom is -0.384 e. The third-order valence-corrected chi connectivity index (χ3v) is 14.1. The van der Waals surface area contributed by atoms with Gasteiger partial charge in [-0.25, -0.2) is 0 Å². The van der Waals surface area contributed by atoms with Gasteiger partial charge in [-0.3, -0.25) is 43.9 Å². The molecule has 4 aromatic rings. The topological polar surface area (TPSA) is 179 Å². The van der Waals surface area contributed by atoms with E-state index in [9.17, 15) is 34.0 Å². The Bertz CT molecular complexity index is 2610. The number of nitrogens with one attached hydrogen (secondary N) is 3. The zero-order valence-corrected chi connectivity index (χ0v) is 36.3. The van der Waals surface area contributed by atoms with E-state index in [-0.39, 0.29) is 35.7 Å². The van der Waals surface area contributed by atoms with Gasteiger partial charge in [0.1, 0.15) is 6.04 Å². The number of aromatic amines is 1. The summed E-state index contributed by atoms with van der Waals surface area (Å²) in [6, 6.07) is 16.6. The van der Waals surface area contributed by atoms with Gasteiger partial charge in [-0.05, 0) is 86.1 Å². The lowest BCUT2D eigenvalue weighted by molar-refractivity contribution is -0.136. The van der Waals surface area contributed by atoms with E-state index in [1.165, 1.54) is 11.3 Å². The molecule has 5 heterocycles. The van der Waals surface area contributed by atoms with E-state index >= 15 is 0 Å². The number of fused-ring (bicyclic) bond motifs is 5. The molecule has 63 heavy (non-hydrogen) atoms. The standard InChI is InChI=1S/C49H54N8O6/c1-4-30-26-34-35(49(2,3)45-43(44(34)60)32-13-12-29(28-50)25-37(32)52-45)27-39(30)55-19-16-31(17-20-55)54-21-23-56(24-22-54)41(59)11-6-5-7-18-51-36-10-8-9-33-42(36)48(63)57(47(33)62)38-14-15-40(58)53-46(38)61/h8-10,12-13,25-27,31,38,51-52H,4-7,11,14-24H2,1-3H3,(H,53,58,61). The number of benzene rings is 3. The lowest BCUT2D eigenvalue weighted by atomic mass is 9.70. The van der Waals surface area contributed by atoms with Gasteiger partial charge in [-0.2, -0.15) is 5.26 Å². The molecule has 3 fully saturated rings. The summed E-state index contributed by atoms with van der Waals surface area (Å²) < 4.78 is 0. The molecule has 0 bridgehead atoms. The summed E-state index contributed by atoms with van der Waals surface area (Å²) in [7, 11) is 0. The predicted molar refractivity (Wildman–Crippen MR) is 238 cm³/mol. The van der Waals surface area contributed by atoms with E-state index in [2.05, 4.69) is 64.4 Å². The largest absolute Gasteiger partial charge is 0.384 e. The van der Waals surface area contributed by atoms with Crippen LogP contribution in [0.1, 0.15) is 131 Å². The number of unbranched alkanes of at least 4 members (excludes halogenated alkanes) is 2. The molecular formula is C49H54N8O6. The number of piperazine rings is 1. The first kappa shape index (κ1) is 42.0. The minimum atomic E-state index is -1.01. The summed E-state index contributed by atoms with van der Waals surface area (Å²) in [4.78, 5) is 89.5. The summed E-state index contributed by atoms with van der Waals surface area (Å²) in [6.07, 6.45) is 5.92. The van der Waals surface area contributed by atoms with Crippen LogP contribution in [0.2, 0.25) is 0 Å². The van der Waals surface area contributed by atoms with Crippen molar-refractivity contribution in [1.29, 1.82) is 5.26 Å². The van der Waals surface area contributed by atoms with Crippen LogP contribution in [0.25, 0.3) is 10.9 Å². The van der Waals surface area contributed by atoms with Crippen molar-refractivity contribution in [2.24, 2.45) is 0 Å². The summed E-state index contributed by atoms with van der Waals surface area (Å²) >= 11 is 0. The lowest BCUT2D eigenvalue weighted by Crippen LogP contribution is -2.54. The number of piperidine rings is 2. The number of carbonyl (C=O) groups is 6. The number of amides is 5. The monoisotopic (exact) mass is 850 g/mol. The first-order valence-corrected chi connectivity index (χ1v) is 22.5. The molecular weight excluding hydrogens is 797 g/mol. The second-order valence-electron chi connectivity index (χ2n) is 18.1. The van der Waals surface area contributed by atoms with Crippen LogP contribution in [0, 0.1) is 11.3 Å². The second-order valence-corrected chi connectivity index (χ2v) is 18.1. The number of rotatable bonds is 11. The van der Waals surface area contributed by atoms with E-state index < -0.39 is 35.1 Å². The van der Waals surface area contributed by atoms with Crippen molar-refractivity contribution >= 4 is 57.6 Å². The van der Waals surface area contributed by atoms with Crippen molar-refractivity contribution in [3.05, 3.63) is 93.2 Å². The molecule has 5 aliphatic rings. The average Bonchev–Trinajstić information content (AvgIpc) is 3.81. The van der Waals surface area contributed by atoms with Gasteiger partial charge in [0.05, 0.1) is 28.3 Å². The molecule has 3 aromatic carbocycles. The zero-order chi connectivity index (χ0) is 44.2. The van der Waals surface area contributed by atoms with E-state index in [0.29, 0.717) is 35.8 Å². The fourth-order valence-corrected chi connectivity index (χ4v) is 10.6. The number of anilines is 2. The van der Waals surface area contributed by atoms with Gasteiger partial charge in [0.25, 0.3) is 11.8 Å². The maximum atomic E-state index is 14.1. The fourth-order valence-electron chi connectivity index (χ4n) is 10.6. The molecule has 0 saturated carbocycles. The number of aromatic nitrogens is 1. The quantitative estimate of drug-likeness (QED) is 0.126. The Kier molecular flexibility index (Phi) is 11.2. The molecule has 0 spiro atoms. The van der Waals surface area contributed by atoms with Gasteiger partial charge in [0, 0.05) is 104 Å².